The standard InChI is InChI=1S/C30H28ClN3O6/c1-18-21(15-28(36)37)29-22(31)9-6-10-24(29)34(18)16-27(35)32-23(13-19-7-4-3-5-8-19)30(38)33(2)20-11-12-25-26(14-20)40-17-39-25/h3-12,14,23H,13,15-17H2,1-2H3,(H,32,35)(H,36,37)/t23-/m0/s1. The number of ether oxygens (including phenoxy) is 2. The molecule has 0 saturated carbocycles. The Morgan fingerprint density at radius 1 is 1.05 bits per heavy atom. The lowest BCUT2D eigenvalue weighted by molar-refractivity contribution is -0.136. The van der Waals surface area contributed by atoms with Gasteiger partial charge in [0.1, 0.15) is 12.6 Å². The predicted octanol–water partition coefficient (Wildman–Crippen LogP) is 4.35. The van der Waals surface area contributed by atoms with E-state index in [9.17, 15) is 19.5 Å². The molecule has 5 rings (SSSR count). The van der Waals surface area contributed by atoms with E-state index in [4.69, 9.17) is 21.1 Å². The molecule has 3 aromatic carbocycles. The third kappa shape index (κ3) is 5.46. The van der Waals surface area contributed by atoms with Crippen LogP contribution in [-0.4, -0.2) is 47.3 Å². The summed E-state index contributed by atoms with van der Waals surface area (Å²) in [5.74, 6) is -0.538. The van der Waals surface area contributed by atoms with Crippen LogP contribution in [0.5, 0.6) is 11.5 Å². The Labute approximate surface area is 235 Å². The number of likely N-dealkylation sites (N-methyl/N-ethyl adjacent to an activating group) is 1. The van der Waals surface area contributed by atoms with E-state index in [0.717, 1.165) is 5.56 Å². The molecule has 0 spiro atoms. The number of nitrogens with one attached hydrogen (secondary N) is 1. The molecule has 1 aromatic heterocycles. The van der Waals surface area contributed by atoms with Crippen molar-refractivity contribution in [2.24, 2.45) is 0 Å². The van der Waals surface area contributed by atoms with Crippen molar-refractivity contribution in [3.8, 4) is 11.5 Å². The SMILES string of the molecule is Cc1c(CC(=O)O)c2c(Cl)cccc2n1CC(=O)N[C@@H](Cc1ccccc1)C(=O)N(C)c1ccc2c(c1)OCO2. The molecular formula is C30H28ClN3O6. The van der Waals surface area contributed by atoms with Crippen molar-refractivity contribution in [3.63, 3.8) is 0 Å². The van der Waals surface area contributed by atoms with E-state index in [2.05, 4.69) is 5.32 Å². The van der Waals surface area contributed by atoms with Gasteiger partial charge < -0.3 is 29.4 Å². The van der Waals surface area contributed by atoms with Crippen LogP contribution in [0.15, 0.2) is 66.7 Å². The van der Waals surface area contributed by atoms with Crippen molar-refractivity contribution in [1.29, 1.82) is 0 Å². The van der Waals surface area contributed by atoms with E-state index in [1.54, 1.807) is 54.9 Å². The van der Waals surface area contributed by atoms with Crippen molar-refractivity contribution in [2.75, 3.05) is 18.7 Å². The van der Waals surface area contributed by atoms with E-state index in [1.165, 1.54) is 4.90 Å². The predicted molar refractivity (Wildman–Crippen MR) is 151 cm³/mol. The van der Waals surface area contributed by atoms with Gasteiger partial charge in [-0.2, -0.15) is 0 Å². The number of amides is 2. The summed E-state index contributed by atoms with van der Waals surface area (Å²) in [5.41, 5.74) is 3.32. The van der Waals surface area contributed by atoms with Crippen molar-refractivity contribution >= 4 is 46.0 Å². The molecule has 0 bridgehead atoms. The Morgan fingerprint density at radius 3 is 2.55 bits per heavy atom. The molecule has 2 heterocycles. The molecule has 2 N–H and O–H groups in total. The molecule has 0 fully saturated rings. The summed E-state index contributed by atoms with van der Waals surface area (Å²) in [6.07, 6.45) is 0.0535. The first-order chi connectivity index (χ1) is 19.2. The zero-order chi connectivity index (χ0) is 28.4. The van der Waals surface area contributed by atoms with Crippen molar-refractivity contribution < 1.29 is 29.0 Å². The normalized spacial score (nSPS) is 12.8. The second kappa shape index (κ2) is 11.3. The number of aliphatic carboxylic acids is 1. The Bertz CT molecular complexity index is 1600. The van der Waals surface area contributed by atoms with Gasteiger partial charge in [0.05, 0.1) is 17.0 Å². The van der Waals surface area contributed by atoms with Crippen LogP contribution in [0.1, 0.15) is 16.8 Å². The zero-order valence-electron chi connectivity index (χ0n) is 22.0. The van der Waals surface area contributed by atoms with Gasteiger partial charge >= 0.3 is 5.97 Å². The third-order valence-electron chi connectivity index (χ3n) is 7.05. The number of anilines is 1. The molecule has 4 aromatic rings. The van der Waals surface area contributed by atoms with Crippen LogP contribution in [0.25, 0.3) is 10.9 Å². The molecule has 1 atom stereocenters. The van der Waals surface area contributed by atoms with Crippen LogP contribution in [0, 0.1) is 6.92 Å². The maximum Gasteiger partial charge on any atom is 0.307 e. The number of nitrogens with zero attached hydrogens (tertiary/aromatic N) is 2. The van der Waals surface area contributed by atoms with Gasteiger partial charge in [-0.1, -0.05) is 48.0 Å². The van der Waals surface area contributed by atoms with Crippen LogP contribution in [0.2, 0.25) is 5.02 Å². The lowest BCUT2D eigenvalue weighted by atomic mass is 10.0. The quantitative estimate of drug-likeness (QED) is 0.314. The van der Waals surface area contributed by atoms with E-state index >= 15 is 0 Å². The average Bonchev–Trinajstić information content (AvgIpc) is 3.51. The smallest absolute Gasteiger partial charge is 0.307 e. The number of fused-ring (bicyclic) bond motifs is 2. The Morgan fingerprint density at radius 2 is 1.80 bits per heavy atom. The summed E-state index contributed by atoms with van der Waals surface area (Å²) < 4.78 is 12.6. The van der Waals surface area contributed by atoms with Gasteiger partial charge in [-0.15, -0.1) is 0 Å². The van der Waals surface area contributed by atoms with E-state index < -0.39 is 17.9 Å². The highest BCUT2D eigenvalue weighted by molar-refractivity contribution is 6.35. The maximum absolute atomic E-state index is 13.7. The molecule has 40 heavy (non-hydrogen) atoms. The highest BCUT2D eigenvalue weighted by atomic mass is 35.5. The number of hydrogen-bond donors (Lipinski definition) is 2. The highest BCUT2D eigenvalue weighted by Gasteiger charge is 2.27. The van der Waals surface area contributed by atoms with Gasteiger partial charge in [0.25, 0.3) is 0 Å². The first-order valence-corrected chi connectivity index (χ1v) is 13.1. The fourth-order valence-electron chi connectivity index (χ4n) is 5.02. The monoisotopic (exact) mass is 561 g/mol. The summed E-state index contributed by atoms with van der Waals surface area (Å²) in [6.45, 7) is 1.77. The molecule has 0 unspecified atom stereocenters. The van der Waals surface area contributed by atoms with Crippen LogP contribution >= 0.6 is 11.6 Å². The van der Waals surface area contributed by atoms with E-state index in [1.807, 2.05) is 30.3 Å². The summed E-state index contributed by atoms with van der Waals surface area (Å²) in [5, 5.41) is 13.4. The molecule has 2 amide bonds. The summed E-state index contributed by atoms with van der Waals surface area (Å²) in [6, 6.07) is 19.1. The molecule has 206 valence electrons. The minimum atomic E-state index is -0.994. The van der Waals surface area contributed by atoms with Crippen LogP contribution < -0.4 is 19.7 Å². The number of hydrogen-bond acceptors (Lipinski definition) is 5. The molecule has 1 aliphatic heterocycles. The van der Waals surface area contributed by atoms with Gasteiger partial charge in [-0.3, -0.25) is 14.4 Å². The van der Waals surface area contributed by atoms with Gasteiger partial charge in [0.15, 0.2) is 11.5 Å². The molecular weight excluding hydrogens is 534 g/mol. The first-order valence-electron chi connectivity index (χ1n) is 12.7. The van der Waals surface area contributed by atoms with Crippen LogP contribution in [0.4, 0.5) is 5.69 Å². The Hall–Kier alpha value is -4.50. The first kappa shape index (κ1) is 27.1. The lowest BCUT2D eigenvalue weighted by Gasteiger charge is -2.25. The second-order valence-corrected chi connectivity index (χ2v) is 10.0. The lowest BCUT2D eigenvalue weighted by Crippen LogP contribution is -2.49. The van der Waals surface area contributed by atoms with Gasteiger partial charge in [-0.25, -0.2) is 0 Å². The fraction of sp³-hybridized carbons (Fsp3) is 0.233. The number of carboxylic acids is 1. The average molecular weight is 562 g/mol. The summed E-state index contributed by atoms with van der Waals surface area (Å²) in [7, 11) is 1.65. The Balaban J connectivity index is 1.42. The molecule has 9 nitrogen and oxygen atoms in total. The fourth-order valence-corrected chi connectivity index (χ4v) is 5.30. The zero-order valence-corrected chi connectivity index (χ0v) is 22.8. The van der Waals surface area contributed by atoms with Crippen molar-refractivity contribution in [2.45, 2.75) is 32.4 Å². The van der Waals surface area contributed by atoms with Gasteiger partial charge in [0, 0.05) is 36.3 Å². The minimum absolute atomic E-state index is 0.116. The van der Waals surface area contributed by atoms with Gasteiger partial charge in [0.2, 0.25) is 18.6 Å². The third-order valence-corrected chi connectivity index (χ3v) is 7.36. The summed E-state index contributed by atoms with van der Waals surface area (Å²) in [4.78, 5) is 40.2. The molecule has 1 aliphatic rings. The minimum Gasteiger partial charge on any atom is -0.481 e. The largest absolute Gasteiger partial charge is 0.481 e. The highest BCUT2D eigenvalue weighted by Crippen LogP contribution is 2.35. The van der Waals surface area contributed by atoms with Crippen molar-refractivity contribution in [3.05, 3.63) is 88.6 Å². The molecule has 0 radical (unpaired) electrons. The number of carbonyl (C=O) groups excluding carboxylic acids is 2. The van der Waals surface area contributed by atoms with Crippen LogP contribution in [-0.2, 0) is 33.8 Å². The summed E-state index contributed by atoms with van der Waals surface area (Å²) >= 11 is 6.44. The van der Waals surface area contributed by atoms with Crippen LogP contribution in [0.3, 0.4) is 0 Å². The van der Waals surface area contributed by atoms with Crippen molar-refractivity contribution in [1.82, 2.24) is 9.88 Å². The molecule has 0 saturated heterocycles. The molecule has 0 aliphatic carbocycles. The number of benzene rings is 3. The number of halogens is 1. The Kier molecular flexibility index (Phi) is 7.66. The van der Waals surface area contributed by atoms with E-state index in [0.29, 0.717) is 44.4 Å². The van der Waals surface area contributed by atoms with Gasteiger partial charge in [-0.05, 0) is 42.3 Å². The maximum atomic E-state index is 13.7. The second-order valence-electron chi connectivity index (χ2n) is 9.60. The molecule has 10 heteroatoms. The number of rotatable bonds is 9. The number of aromatic nitrogens is 1. The van der Waals surface area contributed by atoms with E-state index in [-0.39, 0.29) is 32.1 Å². The number of carbonyl (C=O) groups is 3. The topological polar surface area (TPSA) is 110 Å². The number of carboxylic acid groups (broad SMARTS) is 1.